The maximum absolute atomic E-state index is 12.5. The fourth-order valence-corrected chi connectivity index (χ4v) is 3.08. The molecular weight excluding hydrogens is 252 g/mol. The van der Waals surface area contributed by atoms with Gasteiger partial charge in [-0.2, -0.15) is 0 Å². The van der Waals surface area contributed by atoms with Gasteiger partial charge in [0.1, 0.15) is 0 Å². The van der Waals surface area contributed by atoms with Gasteiger partial charge in [0.2, 0.25) is 5.91 Å². The summed E-state index contributed by atoms with van der Waals surface area (Å²) in [4.78, 5) is 14.3. The molecule has 0 saturated carbocycles. The number of benzene rings is 1. The van der Waals surface area contributed by atoms with Crippen LogP contribution >= 0.6 is 0 Å². The summed E-state index contributed by atoms with van der Waals surface area (Å²) in [6, 6.07) is 8.24. The molecule has 0 aliphatic carbocycles. The molecule has 1 saturated heterocycles. The predicted octanol–water partition coefficient (Wildman–Crippen LogP) is 1.34. The zero-order valence-corrected chi connectivity index (χ0v) is 12.0. The first-order valence-electron chi connectivity index (χ1n) is 7.41. The van der Waals surface area contributed by atoms with Crippen LogP contribution in [0.3, 0.4) is 0 Å². The van der Waals surface area contributed by atoms with Crippen LogP contribution in [0.15, 0.2) is 24.3 Å². The molecular formula is C16H22N2O2. The standard InChI is InChI=1S/C16H22N2O2/c1-18(11-14-7-4-8-20-14)16(19)15-9-12-5-2-3-6-13(12)10-17-15/h2-3,5-6,14-15,17H,4,7-11H2,1H3/t14?,15-/m1/s1. The summed E-state index contributed by atoms with van der Waals surface area (Å²) in [7, 11) is 1.88. The summed E-state index contributed by atoms with van der Waals surface area (Å²) in [6.45, 7) is 2.32. The first-order chi connectivity index (χ1) is 9.74. The van der Waals surface area contributed by atoms with Crippen LogP contribution in [-0.2, 0) is 22.5 Å². The van der Waals surface area contributed by atoms with Crippen molar-refractivity contribution < 1.29 is 9.53 Å². The number of hydrogen-bond donors (Lipinski definition) is 1. The quantitative estimate of drug-likeness (QED) is 0.904. The SMILES string of the molecule is CN(CC1CCCO1)C(=O)[C@H]1Cc2ccccc2CN1. The average molecular weight is 274 g/mol. The Kier molecular flexibility index (Phi) is 4.03. The number of amides is 1. The van der Waals surface area contributed by atoms with E-state index in [9.17, 15) is 4.79 Å². The van der Waals surface area contributed by atoms with Crippen molar-refractivity contribution in [3.63, 3.8) is 0 Å². The molecule has 4 heteroatoms. The number of nitrogens with one attached hydrogen (secondary N) is 1. The molecule has 0 radical (unpaired) electrons. The molecule has 1 N–H and O–H groups in total. The van der Waals surface area contributed by atoms with Gasteiger partial charge < -0.3 is 15.0 Å². The lowest BCUT2D eigenvalue weighted by molar-refractivity contribution is -0.133. The van der Waals surface area contributed by atoms with Gasteiger partial charge in [-0.15, -0.1) is 0 Å². The summed E-state index contributed by atoms with van der Waals surface area (Å²) >= 11 is 0. The van der Waals surface area contributed by atoms with Crippen molar-refractivity contribution in [3.05, 3.63) is 35.4 Å². The number of nitrogens with zero attached hydrogens (tertiary/aromatic N) is 1. The van der Waals surface area contributed by atoms with Crippen LogP contribution < -0.4 is 5.32 Å². The number of carbonyl (C=O) groups is 1. The molecule has 0 bridgehead atoms. The summed E-state index contributed by atoms with van der Waals surface area (Å²) in [6.07, 6.45) is 3.19. The van der Waals surface area contributed by atoms with Gasteiger partial charge in [0.25, 0.3) is 0 Å². The van der Waals surface area contributed by atoms with E-state index in [2.05, 4.69) is 17.4 Å². The third-order valence-electron chi connectivity index (χ3n) is 4.26. The first-order valence-corrected chi connectivity index (χ1v) is 7.41. The second kappa shape index (κ2) is 5.94. The maximum atomic E-state index is 12.5. The highest BCUT2D eigenvalue weighted by Crippen LogP contribution is 2.18. The smallest absolute Gasteiger partial charge is 0.239 e. The molecule has 1 amide bonds. The number of hydrogen-bond acceptors (Lipinski definition) is 3. The summed E-state index contributed by atoms with van der Waals surface area (Å²) in [5.41, 5.74) is 2.59. The van der Waals surface area contributed by atoms with E-state index in [0.29, 0.717) is 6.54 Å². The Morgan fingerprint density at radius 2 is 2.20 bits per heavy atom. The molecule has 2 aliphatic heterocycles. The number of likely N-dealkylation sites (N-methyl/N-ethyl adjacent to an activating group) is 1. The fraction of sp³-hybridized carbons (Fsp3) is 0.562. The van der Waals surface area contributed by atoms with E-state index in [1.807, 2.05) is 24.1 Å². The van der Waals surface area contributed by atoms with Crippen LogP contribution in [0.5, 0.6) is 0 Å². The van der Waals surface area contributed by atoms with Crippen molar-refractivity contribution in [1.82, 2.24) is 10.2 Å². The van der Waals surface area contributed by atoms with Crippen molar-refractivity contribution in [2.45, 2.75) is 38.0 Å². The van der Waals surface area contributed by atoms with E-state index in [1.165, 1.54) is 11.1 Å². The molecule has 2 heterocycles. The Morgan fingerprint density at radius 3 is 2.95 bits per heavy atom. The Balaban J connectivity index is 1.60. The Labute approximate surface area is 120 Å². The van der Waals surface area contributed by atoms with Crippen LogP contribution in [0.1, 0.15) is 24.0 Å². The second-order valence-electron chi connectivity index (χ2n) is 5.76. The Hall–Kier alpha value is -1.39. The molecule has 3 rings (SSSR count). The lowest BCUT2D eigenvalue weighted by Gasteiger charge is -2.30. The van der Waals surface area contributed by atoms with E-state index in [-0.39, 0.29) is 18.1 Å². The second-order valence-corrected chi connectivity index (χ2v) is 5.76. The molecule has 0 spiro atoms. The monoisotopic (exact) mass is 274 g/mol. The first kappa shape index (κ1) is 13.6. The van der Waals surface area contributed by atoms with Gasteiger partial charge in [-0.3, -0.25) is 4.79 Å². The number of ether oxygens (including phenoxy) is 1. The largest absolute Gasteiger partial charge is 0.376 e. The van der Waals surface area contributed by atoms with E-state index in [4.69, 9.17) is 4.74 Å². The maximum Gasteiger partial charge on any atom is 0.239 e. The van der Waals surface area contributed by atoms with Gasteiger partial charge in [0.05, 0.1) is 12.1 Å². The highest BCUT2D eigenvalue weighted by atomic mass is 16.5. The summed E-state index contributed by atoms with van der Waals surface area (Å²) < 4.78 is 5.60. The molecule has 2 atom stereocenters. The number of fused-ring (bicyclic) bond motifs is 1. The molecule has 1 aromatic carbocycles. The van der Waals surface area contributed by atoms with E-state index in [1.54, 1.807) is 0 Å². The number of rotatable bonds is 3. The Morgan fingerprint density at radius 1 is 1.40 bits per heavy atom. The number of carbonyl (C=O) groups excluding carboxylic acids is 1. The summed E-state index contributed by atoms with van der Waals surface area (Å²) in [5, 5.41) is 3.35. The molecule has 1 aromatic rings. The fourth-order valence-electron chi connectivity index (χ4n) is 3.08. The van der Waals surface area contributed by atoms with Crippen molar-refractivity contribution in [3.8, 4) is 0 Å². The van der Waals surface area contributed by atoms with Gasteiger partial charge in [0.15, 0.2) is 0 Å². The minimum atomic E-state index is -0.101. The average Bonchev–Trinajstić information content (AvgIpc) is 2.99. The van der Waals surface area contributed by atoms with Crippen molar-refractivity contribution >= 4 is 5.91 Å². The summed E-state index contributed by atoms with van der Waals surface area (Å²) in [5.74, 6) is 0.176. The van der Waals surface area contributed by atoms with Crippen LogP contribution in [0.2, 0.25) is 0 Å². The van der Waals surface area contributed by atoms with Crippen molar-refractivity contribution in [1.29, 1.82) is 0 Å². The van der Waals surface area contributed by atoms with Gasteiger partial charge in [-0.1, -0.05) is 24.3 Å². The van der Waals surface area contributed by atoms with Gasteiger partial charge in [-0.25, -0.2) is 0 Å². The predicted molar refractivity (Wildman–Crippen MR) is 77.4 cm³/mol. The van der Waals surface area contributed by atoms with E-state index >= 15 is 0 Å². The topological polar surface area (TPSA) is 41.6 Å². The van der Waals surface area contributed by atoms with Gasteiger partial charge in [0, 0.05) is 26.7 Å². The highest BCUT2D eigenvalue weighted by Gasteiger charge is 2.28. The third-order valence-corrected chi connectivity index (χ3v) is 4.26. The minimum absolute atomic E-state index is 0.101. The molecule has 20 heavy (non-hydrogen) atoms. The van der Waals surface area contributed by atoms with Crippen LogP contribution in [-0.4, -0.2) is 43.2 Å². The molecule has 4 nitrogen and oxygen atoms in total. The lowest BCUT2D eigenvalue weighted by atomic mass is 9.95. The Bertz CT molecular complexity index is 483. The van der Waals surface area contributed by atoms with Gasteiger partial charge >= 0.3 is 0 Å². The van der Waals surface area contributed by atoms with E-state index < -0.39 is 0 Å². The van der Waals surface area contributed by atoms with Gasteiger partial charge in [-0.05, 0) is 30.4 Å². The lowest BCUT2D eigenvalue weighted by Crippen LogP contribution is -2.49. The van der Waals surface area contributed by atoms with Crippen LogP contribution in [0.25, 0.3) is 0 Å². The third kappa shape index (κ3) is 2.86. The molecule has 2 aliphatic rings. The zero-order valence-electron chi connectivity index (χ0n) is 12.0. The van der Waals surface area contributed by atoms with Crippen LogP contribution in [0, 0.1) is 0 Å². The highest BCUT2D eigenvalue weighted by molar-refractivity contribution is 5.82. The molecule has 0 aromatic heterocycles. The van der Waals surface area contributed by atoms with E-state index in [0.717, 1.165) is 32.4 Å². The zero-order chi connectivity index (χ0) is 13.9. The molecule has 1 unspecified atom stereocenters. The molecule has 108 valence electrons. The molecule has 1 fully saturated rings. The van der Waals surface area contributed by atoms with Crippen molar-refractivity contribution in [2.75, 3.05) is 20.2 Å². The normalized spacial score (nSPS) is 25.2. The minimum Gasteiger partial charge on any atom is -0.376 e. The van der Waals surface area contributed by atoms with Crippen LogP contribution in [0.4, 0.5) is 0 Å². The van der Waals surface area contributed by atoms with Crippen molar-refractivity contribution in [2.24, 2.45) is 0 Å².